The van der Waals surface area contributed by atoms with Gasteiger partial charge in [-0.05, 0) is 19.3 Å². The van der Waals surface area contributed by atoms with Gasteiger partial charge in [0.2, 0.25) is 5.88 Å². The largest absolute Gasteiger partial charge is 0.481 e. The van der Waals surface area contributed by atoms with Gasteiger partial charge >= 0.3 is 6.03 Å². The van der Waals surface area contributed by atoms with E-state index in [9.17, 15) is 4.79 Å². The second kappa shape index (κ2) is 5.66. The van der Waals surface area contributed by atoms with Crippen LogP contribution >= 0.6 is 0 Å². The number of carbonyl (C=O) groups is 1. The number of hydrogen-bond donors (Lipinski definition) is 1. The molecule has 0 saturated heterocycles. The summed E-state index contributed by atoms with van der Waals surface area (Å²) in [7, 11) is 1.53. The van der Waals surface area contributed by atoms with Gasteiger partial charge in [0.25, 0.3) is 0 Å². The fourth-order valence-corrected chi connectivity index (χ4v) is 1.78. The molecule has 2 amide bonds. The lowest BCUT2D eigenvalue weighted by Crippen LogP contribution is -2.37. The molecule has 0 radical (unpaired) electrons. The molecule has 1 saturated carbocycles. The fraction of sp³-hybridized carbons (Fsp3) is 0.583. The molecule has 1 heterocycles. The molecule has 0 unspecified atom stereocenters. The number of hydrogen-bond acceptors (Lipinski definition) is 4. The van der Waals surface area contributed by atoms with E-state index >= 15 is 0 Å². The van der Waals surface area contributed by atoms with Crippen molar-refractivity contribution in [1.29, 1.82) is 0 Å². The summed E-state index contributed by atoms with van der Waals surface area (Å²) in [5, 5.41) is 2.78. The van der Waals surface area contributed by atoms with E-state index in [1.54, 1.807) is 6.07 Å². The van der Waals surface area contributed by atoms with Crippen molar-refractivity contribution < 1.29 is 9.53 Å². The topological polar surface area (TPSA) is 67.4 Å². The third-order valence-electron chi connectivity index (χ3n) is 2.80. The lowest BCUT2D eigenvalue weighted by atomic mass is 10.4. The van der Waals surface area contributed by atoms with E-state index in [0.717, 1.165) is 25.8 Å². The molecule has 98 valence electrons. The maximum Gasteiger partial charge on any atom is 0.323 e. The molecule has 1 aliphatic rings. The summed E-state index contributed by atoms with van der Waals surface area (Å²) in [6, 6.07) is 1.91. The molecule has 1 aromatic rings. The van der Waals surface area contributed by atoms with Crippen LogP contribution in [0.4, 0.5) is 10.6 Å². The zero-order chi connectivity index (χ0) is 13.0. The number of anilines is 1. The second-order valence-electron chi connectivity index (χ2n) is 4.30. The number of methoxy groups -OCH3 is 1. The van der Waals surface area contributed by atoms with Crippen molar-refractivity contribution in [2.24, 2.45) is 0 Å². The van der Waals surface area contributed by atoms with E-state index in [2.05, 4.69) is 22.2 Å². The number of urea groups is 1. The molecule has 1 fully saturated rings. The van der Waals surface area contributed by atoms with E-state index in [0.29, 0.717) is 17.7 Å². The molecule has 6 heteroatoms. The average molecular weight is 250 g/mol. The van der Waals surface area contributed by atoms with E-state index in [4.69, 9.17) is 4.74 Å². The van der Waals surface area contributed by atoms with Crippen molar-refractivity contribution in [1.82, 2.24) is 14.9 Å². The first-order valence-electron chi connectivity index (χ1n) is 6.18. The number of aromatic nitrogens is 2. The van der Waals surface area contributed by atoms with Crippen LogP contribution in [0.1, 0.15) is 26.2 Å². The summed E-state index contributed by atoms with van der Waals surface area (Å²) < 4.78 is 4.99. The smallest absolute Gasteiger partial charge is 0.323 e. The minimum atomic E-state index is -0.0971. The molecule has 0 aliphatic heterocycles. The Kier molecular flexibility index (Phi) is 3.96. The van der Waals surface area contributed by atoms with Crippen LogP contribution in [0.3, 0.4) is 0 Å². The number of amides is 2. The standard InChI is InChI=1S/C12H18N4O2/c1-3-6-16(9-4-5-9)12(17)15-10-7-11(18-2)14-8-13-10/h7-9H,3-6H2,1-2H3,(H,13,14,15,17). The number of nitrogens with zero attached hydrogens (tertiary/aromatic N) is 3. The van der Waals surface area contributed by atoms with Gasteiger partial charge in [0.15, 0.2) is 0 Å². The third kappa shape index (κ3) is 3.09. The summed E-state index contributed by atoms with van der Waals surface area (Å²) in [5.74, 6) is 0.905. The normalized spacial score (nSPS) is 14.1. The van der Waals surface area contributed by atoms with Crippen LogP contribution < -0.4 is 10.1 Å². The van der Waals surface area contributed by atoms with Gasteiger partial charge in [-0.1, -0.05) is 6.92 Å². The zero-order valence-corrected chi connectivity index (χ0v) is 10.7. The van der Waals surface area contributed by atoms with Crippen molar-refractivity contribution in [3.05, 3.63) is 12.4 Å². The van der Waals surface area contributed by atoms with E-state index in [1.165, 1.54) is 13.4 Å². The predicted molar refractivity (Wildman–Crippen MR) is 67.6 cm³/mol. The first-order chi connectivity index (χ1) is 8.74. The molecule has 1 N–H and O–H groups in total. The molecular formula is C12H18N4O2. The maximum absolute atomic E-state index is 12.1. The van der Waals surface area contributed by atoms with E-state index < -0.39 is 0 Å². The highest BCUT2D eigenvalue weighted by atomic mass is 16.5. The molecule has 1 aliphatic carbocycles. The lowest BCUT2D eigenvalue weighted by molar-refractivity contribution is 0.209. The van der Waals surface area contributed by atoms with Crippen molar-refractivity contribution in [3.63, 3.8) is 0 Å². The Morgan fingerprint density at radius 3 is 2.94 bits per heavy atom. The second-order valence-corrected chi connectivity index (χ2v) is 4.30. The summed E-state index contributed by atoms with van der Waals surface area (Å²) in [6.07, 6.45) is 4.52. The van der Waals surface area contributed by atoms with Crippen LogP contribution in [0.2, 0.25) is 0 Å². The van der Waals surface area contributed by atoms with Crippen LogP contribution in [-0.4, -0.2) is 40.6 Å². The minimum Gasteiger partial charge on any atom is -0.481 e. The highest BCUT2D eigenvalue weighted by Crippen LogP contribution is 2.27. The number of nitrogens with one attached hydrogen (secondary N) is 1. The van der Waals surface area contributed by atoms with Crippen molar-refractivity contribution in [2.45, 2.75) is 32.2 Å². The Hall–Kier alpha value is -1.85. The van der Waals surface area contributed by atoms with Gasteiger partial charge in [0, 0.05) is 18.7 Å². The Balaban J connectivity index is 2.00. The number of carbonyl (C=O) groups excluding carboxylic acids is 1. The van der Waals surface area contributed by atoms with Crippen LogP contribution in [0.5, 0.6) is 5.88 Å². The summed E-state index contributed by atoms with van der Waals surface area (Å²) >= 11 is 0. The monoisotopic (exact) mass is 250 g/mol. The Bertz CT molecular complexity index is 420. The quantitative estimate of drug-likeness (QED) is 0.866. The van der Waals surface area contributed by atoms with E-state index in [-0.39, 0.29) is 6.03 Å². The van der Waals surface area contributed by atoms with Crippen LogP contribution in [0, 0.1) is 0 Å². The number of ether oxygens (including phenoxy) is 1. The van der Waals surface area contributed by atoms with Gasteiger partial charge in [-0.25, -0.2) is 14.8 Å². The lowest BCUT2D eigenvalue weighted by Gasteiger charge is -2.21. The van der Waals surface area contributed by atoms with Crippen LogP contribution in [0.25, 0.3) is 0 Å². The van der Waals surface area contributed by atoms with Gasteiger partial charge in [-0.3, -0.25) is 5.32 Å². The highest BCUT2D eigenvalue weighted by molar-refractivity contribution is 5.88. The molecule has 0 spiro atoms. The summed E-state index contributed by atoms with van der Waals surface area (Å²) in [5.41, 5.74) is 0. The Morgan fingerprint density at radius 2 is 2.33 bits per heavy atom. The molecule has 0 aromatic carbocycles. The van der Waals surface area contributed by atoms with Crippen LogP contribution in [-0.2, 0) is 0 Å². The molecule has 6 nitrogen and oxygen atoms in total. The summed E-state index contributed by atoms with van der Waals surface area (Å²) in [6.45, 7) is 2.84. The molecule has 0 bridgehead atoms. The fourth-order valence-electron chi connectivity index (χ4n) is 1.78. The first kappa shape index (κ1) is 12.6. The molecule has 2 rings (SSSR count). The molecule has 1 aromatic heterocycles. The van der Waals surface area contributed by atoms with Crippen molar-refractivity contribution in [3.8, 4) is 5.88 Å². The van der Waals surface area contributed by atoms with Crippen molar-refractivity contribution >= 4 is 11.8 Å². The Labute approximate surface area is 106 Å². The number of rotatable bonds is 5. The summed E-state index contributed by atoms with van der Waals surface area (Å²) in [4.78, 5) is 21.9. The molecular weight excluding hydrogens is 232 g/mol. The average Bonchev–Trinajstić information content (AvgIpc) is 3.20. The van der Waals surface area contributed by atoms with Gasteiger partial charge < -0.3 is 9.64 Å². The zero-order valence-electron chi connectivity index (χ0n) is 10.7. The SMILES string of the molecule is CCCN(C(=O)Nc1cc(OC)ncn1)C1CC1. The van der Waals surface area contributed by atoms with Crippen LogP contribution in [0.15, 0.2) is 12.4 Å². The Morgan fingerprint density at radius 1 is 1.56 bits per heavy atom. The highest BCUT2D eigenvalue weighted by Gasteiger charge is 2.32. The first-order valence-corrected chi connectivity index (χ1v) is 6.18. The van der Waals surface area contributed by atoms with Gasteiger partial charge in [-0.2, -0.15) is 0 Å². The minimum absolute atomic E-state index is 0.0971. The third-order valence-corrected chi connectivity index (χ3v) is 2.80. The van der Waals surface area contributed by atoms with Gasteiger partial charge in [0.1, 0.15) is 12.1 Å². The predicted octanol–water partition coefficient (Wildman–Crippen LogP) is 1.89. The molecule has 18 heavy (non-hydrogen) atoms. The molecule has 0 atom stereocenters. The van der Waals surface area contributed by atoms with E-state index in [1.807, 2.05) is 4.90 Å². The maximum atomic E-state index is 12.1. The van der Waals surface area contributed by atoms with Gasteiger partial charge in [0.05, 0.1) is 7.11 Å². The van der Waals surface area contributed by atoms with Crippen molar-refractivity contribution in [2.75, 3.05) is 19.0 Å². The van der Waals surface area contributed by atoms with Gasteiger partial charge in [-0.15, -0.1) is 0 Å².